The lowest BCUT2D eigenvalue weighted by atomic mass is 10.2. The Morgan fingerprint density at radius 2 is 1.65 bits per heavy atom. The molecule has 1 saturated heterocycles. The van der Waals surface area contributed by atoms with Crippen molar-refractivity contribution >= 4 is 5.69 Å². The molecule has 0 aliphatic carbocycles. The van der Waals surface area contributed by atoms with Crippen LogP contribution in [0.3, 0.4) is 0 Å². The van der Waals surface area contributed by atoms with Crippen LogP contribution in [-0.2, 0) is 0 Å². The molecule has 1 aromatic rings. The van der Waals surface area contributed by atoms with Crippen LogP contribution in [0.1, 0.15) is 5.56 Å². The van der Waals surface area contributed by atoms with Gasteiger partial charge in [0.2, 0.25) is 0 Å². The summed E-state index contributed by atoms with van der Waals surface area (Å²) in [7, 11) is 0. The van der Waals surface area contributed by atoms with Gasteiger partial charge in [-0.25, -0.2) is 8.78 Å². The molecule has 4 heteroatoms. The van der Waals surface area contributed by atoms with Gasteiger partial charge < -0.3 is 4.90 Å². The van der Waals surface area contributed by atoms with Gasteiger partial charge in [0, 0.05) is 31.9 Å². The molecule has 1 aromatic carbocycles. The minimum atomic E-state index is -2.22. The number of piperazine rings is 1. The van der Waals surface area contributed by atoms with Crippen molar-refractivity contribution in [1.82, 2.24) is 4.90 Å². The monoisotopic (exact) mass is 240 g/mol. The van der Waals surface area contributed by atoms with E-state index in [1.807, 2.05) is 4.90 Å². The van der Waals surface area contributed by atoms with Gasteiger partial charge in [0.05, 0.1) is 6.54 Å². The second-order valence-corrected chi connectivity index (χ2v) is 4.51. The highest BCUT2D eigenvalue weighted by molar-refractivity contribution is 5.47. The molecule has 17 heavy (non-hydrogen) atoms. The van der Waals surface area contributed by atoms with Gasteiger partial charge in [-0.1, -0.05) is 17.7 Å². The topological polar surface area (TPSA) is 6.48 Å². The average Bonchev–Trinajstić information content (AvgIpc) is 2.30. The Balaban J connectivity index is 1.88. The summed E-state index contributed by atoms with van der Waals surface area (Å²) in [6.07, 6.45) is -2.22. The summed E-state index contributed by atoms with van der Waals surface area (Å²) >= 11 is 0. The van der Waals surface area contributed by atoms with Gasteiger partial charge >= 0.3 is 0 Å². The van der Waals surface area contributed by atoms with Crippen LogP contribution in [-0.4, -0.2) is 44.0 Å². The Labute approximate surface area is 101 Å². The minimum Gasteiger partial charge on any atom is -0.369 e. The largest absolute Gasteiger partial charge is 0.369 e. The van der Waals surface area contributed by atoms with E-state index in [1.165, 1.54) is 11.3 Å². The second-order valence-electron chi connectivity index (χ2n) is 4.51. The Morgan fingerprint density at radius 1 is 1.06 bits per heavy atom. The molecule has 2 rings (SSSR count). The molecule has 0 unspecified atom stereocenters. The molecular formula is C13H18F2N2. The molecule has 1 heterocycles. The number of alkyl halides is 2. The zero-order valence-corrected chi connectivity index (χ0v) is 10.1. The van der Waals surface area contributed by atoms with Crippen LogP contribution in [0, 0.1) is 6.92 Å². The third-order valence-electron chi connectivity index (χ3n) is 3.17. The first kappa shape index (κ1) is 12.3. The number of benzene rings is 1. The number of halogens is 2. The molecule has 0 radical (unpaired) electrons. The summed E-state index contributed by atoms with van der Waals surface area (Å²) in [5.41, 5.74) is 2.43. The first-order valence-corrected chi connectivity index (χ1v) is 5.97. The molecule has 1 aliphatic rings. The lowest BCUT2D eigenvalue weighted by Gasteiger charge is -2.35. The molecule has 0 bridgehead atoms. The van der Waals surface area contributed by atoms with Crippen LogP contribution in [0.4, 0.5) is 14.5 Å². The summed E-state index contributed by atoms with van der Waals surface area (Å²) < 4.78 is 24.5. The number of hydrogen-bond donors (Lipinski definition) is 0. The Morgan fingerprint density at radius 3 is 2.18 bits per heavy atom. The number of rotatable bonds is 3. The maximum atomic E-state index is 12.2. The van der Waals surface area contributed by atoms with Crippen LogP contribution < -0.4 is 4.90 Å². The van der Waals surface area contributed by atoms with E-state index in [4.69, 9.17) is 0 Å². The van der Waals surface area contributed by atoms with Crippen LogP contribution in [0.5, 0.6) is 0 Å². The van der Waals surface area contributed by atoms with Gasteiger partial charge in [-0.2, -0.15) is 0 Å². The molecule has 0 aromatic heterocycles. The van der Waals surface area contributed by atoms with Gasteiger partial charge in [0.25, 0.3) is 6.43 Å². The summed E-state index contributed by atoms with van der Waals surface area (Å²) in [6.45, 7) is 5.06. The lowest BCUT2D eigenvalue weighted by Crippen LogP contribution is -2.47. The SMILES string of the molecule is Cc1ccc(N2CCN(CC(F)F)CC2)cc1. The normalized spacial score (nSPS) is 17.8. The zero-order chi connectivity index (χ0) is 12.3. The number of hydrogen-bond acceptors (Lipinski definition) is 2. The van der Waals surface area contributed by atoms with Crippen molar-refractivity contribution < 1.29 is 8.78 Å². The second kappa shape index (κ2) is 5.45. The molecule has 2 nitrogen and oxygen atoms in total. The van der Waals surface area contributed by atoms with Gasteiger partial charge in [-0.05, 0) is 19.1 Å². The summed E-state index contributed by atoms with van der Waals surface area (Å²) in [5.74, 6) is 0. The van der Waals surface area contributed by atoms with E-state index in [-0.39, 0.29) is 6.54 Å². The van der Waals surface area contributed by atoms with Crippen LogP contribution in [0.2, 0.25) is 0 Å². The highest BCUT2D eigenvalue weighted by atomic mass is 19.3. The van der Waals surface area contributed by atoms with E-state index in [9.17, 15) is 8.78 Å². The number of aryl methyl sites for hydroxylation is 1. The third-order valence-corrected chi connectivity index (χ3v) is 3.17. The molecule has 0 atom stereocenters. The predicted octanol–water partition coefficient (Wildman–Crippen LogP) is 2.38. The third kappa shape index (κ3) is 3.40. The van der Waals surface area contributed by atoms with Crippen LogP contribution in [0.15, 0.2) is 24.3 Å². The minimum absolute atomic E-state index is 0.0955. The molecule has 0 saturated carbocycles. The standard InChI is InChI=1S/C13H18F2N2/c1-11-2-4-12(5-3-11)17-8-6-16(7-9-17)10-13(14)15/h2-5,13H,6-10H2,1H3. The fraction of sp³-hybridized carbons (Fsp3) is 0.538. The fourth-order valence-electron chi connectivity index (χ4n) is 2.14. The Kier molecular flexibility index (Phi) is 3.94. The number of nitrogens with zero attached hydrogens (tertiary/aromatic N) is 2. The maximum absolute atomic E-state index is 12.2. The molecule has 1 aliphatic heterocycles. The summed E-state index contributed by atoms with van der Waals surface area (Å²) in [6, 6.07) is 8.36. The average molecular weight is 240 g/mol. The molecule has 0 spiro atoms. The lowest BCUT2D eigenvalue weighted by molar-refractivity contribution is 0.0854. The van der Waals surface area contributed by atoms with E-state index in [0.29, 0.717) is 0 Å². The van der Waals surface area contributed by atoms with Gasteiger partial charge in [0.1, 0.15) is 0 Å². The Hall–Kier alpha value is -1.16. The first-order valence-electron chi connectivity index (χ1n) is 5.97. The van der Waals surface area contributed by atoms with E-state index in [0.717, 1.165) is 26.2 Å². The fourth-order valence-corrected chi connectivity index (χ4v) is 2.14. The first-order chi connectivity index (χ1) is 8.15. The van der Waals surface area contributed by atoms with Crippen LogP contribution >= 0.6 is 0 Å². The molecule has 0 N–H and O–H groups in total. The van der Waals surface area contributed by atoms with E-state index < -0.39 is 6.43 Å². The predicted molar refractivity (Wildman–Crippen MR) is 65.8 cm³/mol. The molecule has 1 fully saturated rings. The van der Waals surface area contributed by atoms with Crippen molar-refractivity contribution in [2.75, 3.05) is 37.6 Å². The van der Waals surface area contributed by atoms with E-state index in [1.54, 1.807) is 0 Å². The highest BCUT2D eigenvalue weighted by Crippen LogP contribution is 2.17. The molecule has 0 amide bonds. The molecular weight excluding hydrogens is 222 g/mol. The van der Waals surface area contributed by atoms with Crippen molar-refractivity contribution in [3.05, 3.63) is 29.8 Å². The van der Waals surface area contributed by atoms with Crippen LogP contribution in [0.25, 0.3) is 0 Å². The smallest absolute Gasteiger partial charge is 0.251 e. The van der Waals surface area contributed by atoms with Crippen molar-refractivity contribution in [2.24, 2.45) is 0 Å². The van der Waals surface area contributed by atoms with Crippen molar-refractivity contribution in [1.29, 1.82) is 0 Å². The summed E-state index contributed by atoms with van der Waals surface area (Å²) in [4.78, 5) is 4.08. The van der Waals surface area contributed by atoms with Gasteiger partial charge in [-0.15, -0.1) is 0 Å². The van der Waals surface area contributed by atoms with Crippen molar-refractivity contribution in [2.45, 2.75) is 13.3 Å². The number of anilines is 1. The molecule has 94 valence electrons. The quantitative estimate of drug-likeness (QED) is 0.800. The maximum Gasteiger partial charge on any atom is 0.251 e. The van der Waals surface area contributed by atoms with Crippen molar-refractivity contribution in [3.63, 3.8) is 0 Å². The van der Waals surface area contributed by atoms with E-state index in [2.05, 4.69) is 36.1 Å². The van der Waals surface area contributed by atoms with Gasteiger partial charge in [0.15, 0.2) is 0 Å². The highest BCUT2D eigenvalue weighted by Gasteiger charge is 2.19. The summed E-state index contributed by atoms with van der Waals surface area (Å²) in [5, 5.41) is 0. The zero-order valence-electron chi connectivity index (χ0n) is 10.1. The Bertz CT molecular complexity index is 343. The van der Waals surface area contributed by atoms with Crippen molar-refractivity contribution in [3.8, 4) is 0 Å². The van der Waals surface area contributed by atoms with E-state index >= 15 is 0 Å². The van der Waals surface area contributed by atoms with Gasteiger partial charge in [-0.3, -0.25) is 4.90 Å².